The molecular weight excluding hydrogens is 453 g/mol. The summed E-state index contributed by atoms with van der Waals surface area (Å²) in [7, 11) is 1.48. The van der Waals surface area contributed by atoms with E-state index in [4.69, 9.17) is 14.2 Å². The molecule has 1 aliphatic heterocycles. The number of hydrogen-bond donors (Lipinski definition) is 3. The Morgan fingerprint density at radius 1 is 1.17 bits per heavy atom. The lowest BCUT2D eigenvalue weighted by Gasteiger charge is -2.42. The van der Waals surface area contributed by atoms with E-state index in [1.165, 1.54) is 26.2 Å². The van der Waals surface area contributed by atoms with Crippen LogP contribution in [0.2, 0.25) is 0 Å². The standard InChI is InChI=1S/C27H36FNO6/c1-16(2)8-11-23-26(33-4)24(31)25(32)27(35-23)34-21-10-9-18(12-13-29-17(3)30)22(15-21)19-6-5-7-20(28)14-19/h5-7,9-10,14-16,23-27,31-32H,8,11-13H2,1-4H3,(H,29,30)/t23-,24+,25-,26+,27+/m1/s1. The molecule has 1 saturated heterocycles. The van der Waals surface area contributed by atoms with Gasteiger partial charge in [0.2, 0.25) is 12.2 Å². The molecule has 5 atom stereocenters. The molecule has 0 spiro atoms. The molecule has 7 nitrogen and oxygen atoms in total. The van der Waals surface area contributed by atoms with Gasteiger partial charge in [0.25, 0.3) is 0 Å². The van der Waals surface area contributed by atoms with Crippen LogP contribution in [0.4, 0.5) is 4.39 Å². The van der Waals surface area contributed by atoms with Gasteiger partial charge in [0.15, 0.2) is 0 Å². The smallest absolute Gasteiger partial charge is 0.229 e. The third-order valence-electron chi connectivity index (χ3n) is 6.18. The van der Waals surface area contributed by atoms with Crippen LogP contribution < -0.4 is 10.1 Å². The largest absolute Gasteiger partial charge is 0.462 e. The van der Waals surface area contributed by atoms with Gasteiger partial charge in [-0.2, -0.15) is 0 Å². The summed E-state index contributed by atoms with van der Waals surface area (Å²) in [6, 6.07) is 11.6. The molecule has 0 bridgehead atoms. The highest BCUT2D eigenvalue weighted by Crippen LogP contribution is 2.32. The number of ether oxygens (including phenoxy) is 3. The zero-order valence-corrected chi connectivity index (χ0v) is 20.7. The Morgan fingerprint density at radius 3 is 2.60 bits per heavy atom. The number of benzene rings is 2. The number of nitrogens with one attached hydrogen (secondary N) is 1. The van der Waals surface area contributed by atoms with E-state index >= 15 is 0 Å². The second-order valence-corrected chi connectivity index (χ2v) is 9.38. The molecular formula is C27H36FNO6. The molecule has 3 N–H and O–H groups in total. The van der Waals surface area contributed by atoms with Crippen LogP contribution in [0.1, 0.15) is 39.2 Å². The highest BCUT2D eigenvalue weighted by atomic mass is 19.1. The molecule has 2 aromatic carbocycles. The molecule has 1 aliphatic rings. The molecule has 0 radical (unpaired) electrons. The van der Waals surface area contributed by atoms with Gasteiger partial charge in [-0.05, 0) is 66.1 Å². The second-order valence-electron chi connectivity index (χ2n) is 9.38. The maximum Gasteiger partial charge on any atom is 0.229 e. The monoisotopic (exact) mass is 489 g/mol. The van der Waals surface area contributed by atoms with Gasteiger partial charge in [-0.3, -0.25) is 4.79 Å². The SMILES string of the molecule is CO[C@@H]1[C@@H](O)[C@@H](O)[C@@H](Oc2ccc(CCNC(C)=O)c(-c3cccc(F)c3)c2)O[C@@H]1CCC(C)C. The predicted molar refractivity (Wildman–Crippen MR) is 130 cm³/mol. The molecule has 35 heavy (non-hydrogen) atoms. The van der Waals surface area contributed by atoms with Crippen molar-refractivity contribution in [1.82, 2.24) is 5.32 Å². The summed E-state index contributed by atoms with van der Waals surface area (Å²) >= 11 is 0. The van der Waals surface area contributed by atoms with E-state index in [2.05, 4.69) is 19.2 Å². The lowest BCUT2D eigenvalue weighted by atomic mass is 9.93. The summed E-state index contributed by atoms with van der Waals surface area (Å²) in [5.74, 6) is 0.357. The molecule has 2 aromatic rings. The second kappa shape index (κ2) is 12.4. The average molecular weight is 490 g/mol. The molecule has 0 saturated carbocycles. The maximum absolute atomic E-state index is 14.0. The van der Waals surface area contributed by atoms with Gasteiger partial charge in [0, 0.05) is 20.6 Å². The van der Waals surface area contributed by atoms with Crippen LogP contribution in [-0.2, 0) is 20.7 Å². The first kappa shape index (κ1) is 27.1. The predicted octanol–water partition coefficient (Wildman–Crippen LogP) is 3.45. The molecule has 192 valence electrons. The minimum Gasteiger partial charge on any atom is -0.462 e. The minimum absolute atomic E-state index is 0.124. The van der Waals surface area contributed by atoms with Gasteiger partial charge in [-0.25, -0.2) is 4.39 Å². The van der Waals surface area contributed by atoms with E-state index in [0.29, 0.717) is 36.6 Å². The van der Waals surface area contributed by atoms with Crippen LogP contribution in [0.15, 0.2) is 42.5 Å². The van der Waals surface area contributed by atoms with Crippen LogP contribution in [0, 0.1) is 11.7 Å². The van der Waals surface area contributed by atoms with Crippen molar-refractivity contribution in [3.05, 3.63) is 53.8 Å². The summed E-state index contributed by atoms with van der Waals surface area (Å²) in [4.78, 5) is 11.3. The number of amides is 1. The topological polar surface area (TPSA) is 97.3 Å². The van der Waals surface area contributed by atoms with Crippen LogP contribution in [0.3, 0.4) is 0 Å². The van der Waals surface area contributed by atoms with Gasteiger partial charge in [0.05, 0.1) is 6.10 Å². The number of hydrogen-bond acceptors (Lipinski definition) is 6. The summed E-state index contributed by atoms with van der Waals surface area (Å²) in [5.41, 5.74) is 2.30. The number of carbonyl (C=O) groups is 1. The number of methoxy groups -OCH3 is 1. The summed E-state index contributed by atoms with van der Waals surface area (Å²) in [6.45, 7) is 6.10. The Morgan fingerprint density at radius 2 is 1.94 bits per heavy atom. The summed E-state index contributed by atoms with van der Waals surface area (Å²) < 4.78 is 31.4. The zero-order valence-electron chi connectivity index (χ0n) is 20.7. The average Bonchev–Trinajstić information content (AvgIpc) is 2.81. The summed E-state index contributed by atoms with van der Waals surface area (Å²) in [6.07, 6.45) is -2.63. The molecule has 0 unspecified atom stereocenters. The number of carbonyl (C=O) groups excluding carboxylic acids is 1. The lowest BCUT2D eigenvalue weighted by Crippen LogP contribution is -2.59. The molecule has 8 heteroatoms. The molecule has 1 heterocycles. The lowest BCUT2D eigenvalue weighted by molar-refractivity contribution is -0.278. The molecule has 0 aliphatic carbocycles. The Bertz CT molecular complexity index is 984. The van der Waals surface area contributed by atoms with E-state index < -0.39 is 30.7 Å². The number of aliphatic hydroxyl groups is 2. The maximum atomic E-state index is 14.0. The minimum atomic E-state index is -1.31. The van der Waals surface area contributed by atoms with Crippen molar-refractivity contribution < 1.29 is 33.6 Å². The van der Waals surface area contributed by atoms with E-state index in [1.807, 2.05) is 6.07 Å². The van der Waals surface area contributed by atoms with E-state index in [0.717, 1.165) is 17.5 Å². The number of halogens is 1. The third-order valence-corrected chi connectivity index (χ3v) is 6.18. The first-order chi connectivity index (χ1) is 16.7. The molecule has 0 aromatic heterocycles. The number of rotatable bonds is 10. The Balaban J connectivity index is 1.85. The van der Waals surface area contributed by atoms with Crippen molar-refractivity contribution >= 4 is 5.91 Å². The van der Waals surface area contributed by atoms with Gasteiger partial charge in [0.1, 0.15) is 29.9 Å². The van der Waals surface area contributed by atoms with Gasteiger partial charge >= 0.3 is 0 Å². The normalized spacial score (nSPS) is 24.4. The van der Waals surface area contributed by atoms with Crippen molar-refractivity contribution in [3.8, 4) is 16.9 Å². The first-order valence-corrected chi connectivity index (χ1v) is 12.0. The van der Waals surface area contributed by atoms with Crippen LogP contribution in [0.25, 0.3) is 11.1 Å². The van der Waals surface area contributed by atoms with E-state index in [9.17, 15) is 19.4 Å². The Labute approximate surface area is 206 Å². The highest BCUT2D eigenvalue weighted by Gasteiger charge is 2.45. The van der Waals surface area contributed by atoms with E-state index in [-0.39, 0.29) is 11.7 Å². The van der Waals surface area contributed by atoms with Crippen LogP contribution >= 0.6 is 0 Å². The van der Waals surface area contributed by atoms with Crippen molar-refractivity contribution in [2.45, 2.75) is 70.7 Å². The van der Waals surface area contributed by atoms with Crippen molar-refractivity contribution in [3.63, 3.8) is 0 Å². The molecule has 1 fully saturated rings. The van der Waals surface area contributed by atoms with Crippen LogP contribution in [0.5, 0.6) is 5.75 Å². The zero-order chi connectivity index (χ0) is 25.5. The van der Waals surface area contributed by atoms with Crippen molar-refractivity contribution in [2.24, 2.45) is 5.92 Å². The fourth-order valence-corrected chi connectivity index (χ4v) is 4.30. The van der Waals surface area contributed by atoms with Crippen molar-refractivity contribution in [2.75, 3.05) is 13.7 Å². The Hall–Kier alpha value is -2.52. The molecule has 3 rings (SSSR count). The Kier molecular flexibility index (Phi) is 9.63. The quantitative estimate of drug-likeness (QED) is 0.473. The van der Waals surface area contributed by atoms with Gasteiger partial charge in [-0.1, -0.05) is 32.0 Å². The van der Waals surface area contributed by atoms with Gasteiger partial charge in [-0.15, -0.1) is 0 Å². The first-order valence-electron chi connectivity index (χ1n) is 12.0. The van der Waals surface area contributed by atoms with E-state index in [1.54, 1.807) is 24.3 Å². The highest BCUT2D eigenvalue weighted by molar-refractivity contribution is 5.73. The fraction of sp³-hybridized carbons (Fsp3) is 0.519. The third kappa shape index (κ3) is 7.24. The van der Waals surface area contributed by atoms with Crippen molar-refractivity contribution in [1.29, 1.82) is 0 Å². The summed E-state index contributed by atoms with van der Waals surface area (Å²) in [5, 5.41) is 24.1. The van der Waals surface area contributed by atoms with Gasteiger partial charge < -0.3 is 29.7 Å². The fourth-order valence-electron chi connectivity index (χ4n) is 4.30. The van der Waals surface area contributed by atoms with Crippen LogP contribution in [-0.4, -0.2) is 60.5 Å². The molecule has 1 amide bonds. The number of aliphatic hydroxyl groups excluding tert-OH is 2.